The van der Waals surface area contributed by atoms with E-state index in [1.54, 1.807) is 18.7 Å². The van der Waals surface area contributed by atoms with E-state index in [-0.39, 0.29) is 23.8 Å². The summed E-state index contributed by atoms with van der Waals surface area (Å²) < 4.78 is 59.9. The highest BCUT2D eigenvalue weighted by molar-refractivity contribution is 7.97. The van der Waals surface area contributed by atoms with E-state index in [9.17, 15) is 13.2 Å². The van der Waals surface area contributed by atoms with Gasteiger partial charge >= 0.3 is 6.18 Å². The summed E-state index contributed by atoms with van der Waals surface area (Å²) in [6.45, 7) is 1.55. The van der Waals surface area contributed by atoms with Crippen molar-refractivity contribution in [1.82, 2.24) is 19.1 Å². The van der Waals surface area contributed by atoms with Crippen LogP contribution in [0.2, 0.25) is 0 Å². The minimum absolute atomic E-state index is 0.0000796. The lowest BCUT2D eigenvalue weighted by atomic mass is 10.0. The van der Waals surface area contributed by atoms with E-state index in [2.05, 4.69) is 15.1 Å². The van der Waals surface area contributed by atoms with E-state index >= 15 is 4.39 Å². The quantitative estimate of drug-likeness (QED) is 0.333. The van der Waals surface area contributed by atoms with Gasteiger partial charge in [0.05, 0.1) is 0 Å². The SMILES string of the molecule is Fc1cc(N2C[C@@H]3[C@H](C2)[C@H]3n2cnnc2)ccc1CN1S[C@H](c2ccccc2)CC[C@@H]1C(F)(F)F. The molecule has 0 N–H and O–H groups in total. The van der Waals surface area contributed by atoms with Gasteiger partial charge in [-0.1, -0.05) is 48.3 Å². The monoisotopic (exact) mass is 503 g/mol. The van der Waals surface area contributed by atoms with Gasteiger partial charge in [0, 0.05) is 54.0 Å². The van der Waals surface area contributed by atoms with Gasteiger partial charge in [-0.2, -0.15) is 13.2 Å². The van der Waals surface area contributed by atoms with E-state index < -0.39 is 18.0 Å². The van der Waals surface area contributed by atoms with Gasteiger partial charge in [0.15, 0.2) is 0 Å². The molecule has 0 radical (unpaired) electrons. The van der Waals surface area contributed by atoms with Gasteiger partial charge < -0.3 is 9.47 Å². The third-order valence-electron chi connectivity index (χ3n) is 7.52. The number of rotatable bonds is 5. The molecule has 3 heterocycles. The summed E-state index contributed by atoms with van der Waals surface area (Å²) in [7, 11) is 0. The Morgan fingerprint density at radius 1 is 0.943 bits per heavy atom. The zero-order valence-corrected chi connectivity index (χ0v) is 19.7. The molecule has 3 fully saturated rings. The van der Waals surface area contributed by atoms with Crippen LogP contribution in [0.25, 0.3) is 0 Å². The standard InChI is InChI=1S/C25H25F4N5S/c26-21-10-18(32-12-19-20(13-32)24(19)33-14-30-31-15-33)7-6-17(21)11-34-23(25(27,28)29)9-8-22(35-34)16-4-2-1-3-5-16/h1-7,10,14-15,19-20,22-24H,8-9,11-13H2/t19-,20+,22-,23+,24+/m0/s1. The van der Waals surface area contributed by atoms with Crippen LogP contribution in [0.4, 0.5) is 23.2 Å². The summed E-state index contributed by atoms with van der Waals surface area (Å²) >= 11 is 1.18. The van der Waals surface area contributed by atoms with Crippen LogP contribution in [0.15, 0.2) is 61.2 Å². The summed E-state index contributed by atoms with van der Waals surface area (Å²) in [4.78, 5) is 2.16. The maximum atomic E-state index is 15.1. The summed E-state index contributed by atoms with van der Waals surface area (Å²) in [5.74, 6) is 0.517. The molecule has 2 saturated heterocycles. The molecule has 5 nitrogen and oxygen atoms in total. The van der Waals surface area contributed by atoms with Crippen molar-refractivity contribution < 1.29 is 17.6 Å². The van der Waals surface area contributed by atoms with Crippen molar-refractivity contribution in [2.75, 3.05) is 18.0 Å². The Bertz CT molecular complexity index is 1160. The average Bonchev–Trinajstić information content (AvgIpc) is 3.22. The molecule has 0 amide bonds. The predicted octanol–water partition coefficient (Wildman–Crippen LogP) is 5.64. The fourth-order valence-corrected chi connectivity index (χ4v) is 7.08. The highest BCUT2D eigenvalue weighted by atomic mass is 32.2. The highest BCUT2D eigenvalue weighted by Gasteiger charge is 2.57. The molecule has 2 aromatic carbocycles. The minimum atomic E-state index is -4.36. The fraction of sp³-hybridized carbons (Fsp3) is 0.440. The van der Waals surface area contributed by atoms with Crippen LogP contribution in [0.5, 0.6) is 0 Å². The molecule has 5 atom stereocenters. The lowest BCUT2D eigenvalue weighted by Crippen LogP contribution is -2.44. The molecule has 35 heavy (non-hydrogen) atoms. The Morgan fingerprint density at radius 3 is 2.31 bits per heavy atom. The topological polar surface area (TPSA) is 37.2 Å². The maximum Gasteiger partial charge on any atom is 0.404 e. The van der Waals surface area contributed by atoms with Gasteiger partial charge in [0.25, 0.3) is 0 Å². The number of piperidine rings is 1. The lowest BCUT2D eigenvalue weighted by molar-refractivity contribution is -0.174. The number of alkyl halides is 3. The Balaban J connectivity index is 1.15. The normalized spacial score (nSPS) is 28.8. The molecule has 0 spiro atoms. The molecule has 3 aromatic rings. The van der Waals surface area contributed by atoms with Crippen molar-refractivity contribution in [3.63, 3.8) is 0 Å². The molecule has 184 valence electrons. The second kappa shape index (κ2) is 8.81. The molecule has 1 aromatic heterocycles. The van der Waals surface area contributed by atoms with Gasteiger partial charge in [0.2, 0.25) is 0 Å². The first-order valence-corrected chi connectivity index (χ1v) is 12.6. The number of fused-ring (bicyclic) bond motifs is 1. The van der Waals surface area contributed by atoms with Crippen molar-refractivity contribution in [2.24, 2.45) is 11.8 Å². The minimum Gasteiger partial charge on any atom is -0.371 e. The first kappa shape index (κ1) is 22.8. The number of aromatic nitrogens is 3. The Labute approximate surface area is 205 Å². The fourth-order valence-electron chi connectivity index (χ4n) is 5.65. The molecule has 0 bridgehead atoms. The van der Waals surface area contributed by atoms with Crippen molar-refractivity contribution in [1.29, 1.82) is 0 Å². The molecule has 6 rings (SSSR count). The smallest absolute Gasteiger partial charge is 0.371 e. The Morgan fingerprint density at radius 2 is 1.66 bits per heavy atom. The molecule has 1 saturated carbocycles. The van der Waals surface area contributed by atoms with Crippen LogP contribution < -0.4 is 4.90 Å². The van der Waals surface area contributed by atoms with E-state index in [4.69, 9.17) is 0 Å². The second-order valence-electron chi connectivity index (χ2n) is 9.62. The van der Waals surface area contributed by atoms with Crippen molar-refractivity contribution in [3.8, 4) is 0 Å². The van der Waals surface area contributed by atoms with Crippen molar-refractivity contribution >= 4 is 17.6 Å². The Hall–Kier alpha value is -2.59. The third-order valence-corrected chi connectivity index (χ3v) is 8.94. The van der Waals surface area contributed by atoms with Crippen LogP contribution in [0.1, 0.15) is 35.3 Å². The highest BCUT2D eigenvalue weighted by Crippen LogP contribution is 2.55. The van der Waals surface area contributed by atoms with Crippen LogP contribution in [-0.4, -0.2) is 44.4 Å². The summed E-state index contributed by atoms with van der Waals surface area (Å²) in [5.41, 5.74) is 2.06. The zero-order chi connectivity index (χ0) is 24.2. The van der Waals surface area contributed by atoms with E-state index in [0.717, 1.165) is 24.3 Å². The molecule has 2 aliphatic heterocycles. The largest absolute Gasteiger partial charge is 0.404 e. The first-order chi connectivity index (χ1) is 16.9. The predicted molar refractivity (Wildman–Crippen MR) is 126 cm³/mol. The van der Waals surface area contributed by atoms with Crippen LogP contribution in [0, 0.1) is 17.7 Å². The molecular weight excluding hydrogens is 478 g/mol. The number of anilines is 1. The van der Waals surface area contributed by atoms with Gasteiger partial charge in [-0.3, -0.25) is 0 Å². The molecule has 0 unspecified atom stereocenters. The lowest BCUT2D eigenvalue weighted by Gasteiger charge is -2.39. The number of nitrogens with zero attached hydrogens (tertiary/aromatic N) is 5. The number of hydrogen-bond acceptors (Lipinski definition) is 5. The van der Waals surface area contributed by atoms with Crippen LogP contribution in [0.3, 0.4) is 0 Å². The zero-order valence-electron chi connectivity index (χ0n) is 18.9. The molecular formula is C25H25F4N5S. The Kier molecular flexibility index (Phi) is 5.75. The van der Waals surface area contributed by atoms with E-state index in [0.29, 0.717) is 24.3 Å². The van der Waals surface area contributed by atoms with Crippen molar-refractivity contribution in [2.45, 2.75) is 42.9 Å². The maximum absolute atomic E-state index is 15.1. The molecule has 3 aliphatic rings. The molecule has 1 aliphatic carbocycles. The summed E-state index contributed by atoms with van der Waals surface area (Å²) in [6, 6.07) is 13.3. The van der Waals surface area contributed by atoms with Crippen LogP contribution in [-0.2, 0) is 6.54 Å². The molecule has 10 heteroatoms. The van der Waals surface area contributed by atoms with Gasteiger partial charge in [-0.05, 0) is 30.5 Å². The first-order valence-electron chi connectivity index (χ1n) is 11.8. The van der Waals surface area contributed by atoms with Crippen molar-refractivity contribution in [3.05, 3.63) is 78.1 Å². The van der Waals surface area contributed by atoms with Gasteiger partial charge in [-0.15, -0.1) is 10.2 Å². The third kappa shape index (κ3) is 4.42. The summed E-state index contributed by atoms with van der Waals surface area (Å²) in [6.07, 6.45) is -0.457. The van der Waals surface area contributed by atoms with E-state index in [1.807, 2.05) is 41.0 Å². The average molecular weight is 504 g/mol. The number of hydrogen-bond donors (Lipinski definition) is 0. The number of benzene rings is 2. The van der Waals surface area contributed by atoms with Crippen LogP contribution >= 0.6 is 11.9 Å². The number of halogens is 4. The second-order valence-corrected chi connectivity index (χ2v) is 10.9. The van der Waals surface area contributed by atoms with Gasteiger partial charge in [-0.25, -0.2) is 8.70 Å². The van der Waals surface area contributed by atoms with E-state index in [1.165, 1.54) is 22.3 Å². The van der Waals surface area contributed by atoms with Gasteiger partial charge in [0.1, 0.15) is 24.5 Å². The summed E-state index contributed by atoms with van der Waals surface area (Å²) in [5, 5.41) is 7.67.